The van der Waals surface area contributed by atoms with Crippen LogP contribution in [0.15, 0.2) is 60.1 Å². The van der Waals surface area contributed by atoms with Gasteiger partial charge < -0.3 is 25.6 Å². The summed E-state index contributed by atoms with van der Waals surface area (Å²) in [7, 11) is 0. The number of dihydropyridines is 1. The number of ether oxygens (including phenoxy) is 1. The lowest BCUT2D eigenvalue weighted by molar-refractivity contribution is -0.136. The van der Waals surface area contributed by atoms with Crippen molar-refractivity contribution >= 4 is 23.5 Å². The van der Waals surface area contributed by atoms with Gasteiger partial charge in [-0.25, -0.2) is 4.79 Å². The first-order valence-electron chi connectivity index (χ1n) is 11.3. The number of allylic oxidation sites excluding steroid dienone is 1. The van der Waals surface area contributed by atoms with Crippen LogP contribution in [0.5, 0.6) is 5.75 Å². The van der Waals surface area contributed by atoms with Gasteiger partial charge in [0, 0.05) is 56.6 Å². The molecule has 172 valence electrons. The van der Waals surface area contributed by atoms with Gasteiger partial charge in [-0.05, 0) is 47.9 Å². The quantitative estimate of drug-likeness (QED) is 0.653. The fourth-order valence-electron chi connectivity index (χ4n) is 4.49. The van der Waals surface area contributed by atoms with Crippen LogP contribution in [0.4, 0.5) is 10.5 Å². The minimum absolute atomic E-state index is 0.0101. The minimum Gasteiger partial charge on any atom is -0.490 e. The molecule has 1 aromatic rings. The number of rotatable bonds is 4. The molecule has 4 aliphatic heterocycles. The molecule has 0 saturated carbocycles. The zero-order chi connectivity index (χ0) is 22.8. The third-order valence-corrected chi connectivity index (χ3v) is 6.34. The maximum absolute atomic E-state index is 12.6. The smallest absolute Gasteiger partial charge is 0.326 e. The molecule has 0 bridgehead atoms. The molecule has 1 atom stereocenters. The molecule has 0 aliphatic carbocycles. The van der Waals surface area contributed by atoms with Crippen molar-refractivity contribution in [2.75, 3.05) is 25.0 Å². The fraction of sp³-hybridized carbons (Fsp3) is 0.375. The number of anilines is 1. The normalized spacial score (nSPS) is 22.2. The molecule has 0 radical (unpaired) electrons. The van der Waals surface area contributed by atoms with Crippen LogP contribution in [0.3, 0.4) is 0 Å². The Hall–Kier alpha value is -3.75. The summed E-state index contributed by atoms with van der Waals surface area (Å²) < 4.78 is 6.09. The summed E-state index contributed by atoms with van der Waals surface area (Å²) in [5.74, 6) is 0.695. The number of carbonyl (C=O) groups excluding carboxylic acids is 3. The van der Waals surface area contributed by atoms with E-state index in [1.165, 1.54) is 0 Å². The highest BCUT2D eigenvalue weighted by Crippen LogP contribution is 2.25. The van der Waals surface area contributed by atoms with E-state index in [0.717, 1.165) is 29.7 Å². The number of nitrogens with one attached hydrogen (secondary N) is 3. The molecular weight excluding hydrogens is 422 g/mol. The first-order chi connectivity index (χ1) is 16.0. The number of piperidine rings is 1. The standard InChI is InChI=1S/C24H27N5O4/c30-22-6-5-21(27-22)23(31)28-11-8-20(9-12-28)33-19-3-1-18(2-4-19)26-24(32)29-14-16-7-10-25-13-17(16)15-29/h1-4,7,10,13-14,20-21,25H,5-6,8-9,11-12,15H2,(H,26,32)(H,27,30)/t21-/m0/s1. The van der Waals surface area contributed by atoms with Crippen LogP contribution in [0, 0.1) is 0 Å². The molecule has 1 aromatic carbocycles. The highest BCUT2D eigenvalue weighted by molar-refractivity contribution is 5.91. The lowest BCUT2D eigenvalue weighted by Crippen LogP contribution is -2.49. The third kappa shape index (κ3) is 4.72. The molecule has 2 fully saturated rings. The van der Waals surface area contributed by atoms with Crippen LogP contribution in [-0.2, 0) is 9.59 Å². The van der Waals surface area contributed by atoms with Gasteiger partial charge in [-0.1, -0.05) is 0 Å². The van der Waals surface area contributed by atoms with Crippen LogP contribution in [0.1, 0.15) is 25.7 Å². The summed E-state index contributed by atoms with van der Waals surface area (Å²) in [4.78, 5) is 39.9. The Bertz CT molecular complexity index is 1040. The van der Waals surface area contributed by atoms with Crippen molar-refractivity contribution in [2.45, 2.75) is 37.8 Å². The predicted octanol–water partition coefficient (Wildman–Crippen LogP) is 2.07. The Kier molecular flexibility index (Phi) is 5.77. The zero-order valence-corrected chi connectivity index (χ0v) is 18.3. The van der Waals surface area contributed by atoms with E-state index in [1.54, 1.807) is 4.90 Å². The van der Waals surface area contributed by atoms with Gasteiger partial charge in [0.1, 0.15) is 17.9 Å². The Balaban J connectivity index is 1.09. The van der Waals surface area contributed by atoms with Gasteiger partial charge in [-0.3, -0.25) is 14.5 Å². The molecule has 0 unspecified atom stereocenters. The van der Waals surface area contributed by atoms with E-state index >= 15 is 0 Å². The van der Waals surface area contributed by atoms with Crippen molar-refractivity contribution in [2.24, 2.45) is 0 Å². The molecule has 9 nitrogen and oxygen atoms in total. The molecule has 5 rings (SSSR count). The van der Waals surface area contributed by atoms with Gasteiger partial charge in [-0.2, -0.15) is 0 Å². The van der Waals surface area contributed by atoms with E-state index in [0.29, 0.717) is 38.2 Å². The molecule has 0 spiro atoms. The summed E-state index contributed by atoms with van der Waals surface area (Å²) in [6.07, 6.45) is 10.1. The number of fused-ring (bicyclic) bond motifs is 1. The number of hydrogen-bond acceptors (Lipinski definition) is 5. The Morgan fingerprint density at radius 2 is 1.88 bits per heavy atom. The van der Waals surface area contributed by atoms with Crippen LogP contribution < -0.4 is 20.7 Å². The van der Waals surface area contributed by atoms with Crippen molar-refractivity contribution in [1.82, 2.24) is 20.4 Å². The van der Waals surface area contributed by atoms with Crippen LogP contribution >= 0.6 is 0 Å². The van der Waals surface area contributed by atoms with E-state index in [1.807, 2.05) is 53.8 Å². The second-order valence-corrected chi connectivity index (χ2v) is 8.64. The molecule has 3 N–H and O–H groups in total. The highest BCUT2D eigenvalue weighted by Gasteiger charge is 2.33. The number of carbonyl (C=O) groups is 3. The van der Waals surface area contributed by atoms with Crippen LogP contribution in [-0.4, -0.2) is 59.4 Å². The Morgan fingerprint density at radius 1 is 1.09 bits per heavy atom. The van der Waals surface area contributed by atoms with Crippen LogP contribution in [0.25, 0.3) is 0 Å². The maximum Gasteiger partial charge on any atom is 0.326 e. The second kappa shape index (κ2) is 9.01. The number of hydrogen-bond donors (Lipinski definition) is 3. The predicted molar refractivity (Wildman–Crippen MR) is 122 cm³/mol. The largest absolute Gasteiger partial charge is 0.490 e. The first kappa shape index (κ1) is 21.1. The van der Waals surface area contributed by atoms with Crippen molar-refractivity contribution < 1.29 is 19.1 Å². The monoisotopic (exact) mass is 449 g/mol. The maximum atomic E-state index is 12.6. The van der Waals surface area contributed by atoms with Crippen molar-refractivity contribution in [3.63, 3.8) is 0 Å². The topological polar surface area (TPSA) is 103 Å². The number of nitrogens with zero attached hydrogens (tertiary/aromatic N) is 2. The van der Waals surface area contributed by atoms with E-state index in [-0.39, 0.29) is 30.0 Å². The van der Waals surface area contributed by atoms with Gasteiger partial charge in [-0.15, -0.1) is 0 Å². The SMILES string of the molecule is O=C1CC[C@@H](C(=O)N2CCC(Oc3ccc(NC(=O)N4C=C5C=CNC=C5C4)cc3)CC2)N1. The Labute approximate surface area is 192 Å². The molecule has 4 heterocycles. The number of amides is 4. The Morgan fingerprint density at radius 3 is 2.58 bits per heavy atom. The molecule has 4 amide bonds. The molecule has 2 saturated heterocycles. The molecule has 33 heavy (non-hydrogen) atoms. The summed E-state index contributed by atoms with van der Waals surface area (Å²) in [5, 5.41) is 8.70. The summed E-state index contributed by atoms with van der Waals surface area (Å²) >= 11 is 0. The average molecular weight is 450 g/mol. The molecule has 9 heteroatoms. The van der Waals surface area contributed by atoms with Crippen molar-refractivity contribution in [3.8, 4) is 5.75 Å². The number of urea groups is 1. The third-order valence-electron chi connectivity index (χ3n) is 6.34. The van der Waals surface area contributed by atoms with E-state index in [4.69, 9.17) is 4.74 Å². The highest BCUT2D eigenvalue weighted by atomic mass is 16.5. The second-order valence-electron chi connectivity index (χ2n) is 8.64. The first-order valence-corrected chi connectivity index (χ1v) is 11.3. The van der Waals surface area contributed by atoms with Gasteiger partial charge in [0.05, 0.1) is 6.54 Å². The number of benzene rings is 1. The van der Waals surface area contributed by atoms with Gasteiger partial charge >= 0.3 is 6.03 Å². The lowest BCUT2D eigenvalue weighted by Gasteiger charge is -2.33. The molecular formula is C24H27N5O4. The lowest BCUT2D eigenvalue weighted by atomic mass is 10.1. The van der Waals surface area contributed by atoms with Crippen LogP contribution in [0.2, 0.25) is 0 Å². The molecule has 0 aromatic heterocycles. The van der Waals surface area contributed by atoms with Crippen molar-refractivity contribution in [1.29, 1.82) is 0 Å². The van der Waals surface area contributed by atoms with Crippen molar-refractivity contribution in [3.05, 3.63) is 60.1 Å². The van der Waals surface area contributed by atoms with E-state index < -0.39 is 0 Å². The summed E-state index contributed by atoms with van der Waals surface area (Å²) in [5.41, 5.74) is 2.81. The number of likely N-dealkylation sites (tertiary alicyclic amines) is 1. The fourth-order valence-corrected chi connectivity index (χ4v) is 4.49. The summed E-state index contributed by atoms with van der Waals surface area (Å²) in [6, 6.07) is 6.79. The molecule has 4 aliphatic rings. The zero-order valence-electron chi connectivity index (χ0n) is 18.3. The van der Waals surface area contributed by atoms with Gasteiger partial charge in [0.15, 0.2) is 0 Å². The van der Waals surface area contributed by atoms with E-state index in [9.17, 15) is 14.4 Å². The van der Waals surface area contributed by atoms with E-state index in [2.05, 4.69) is 16.0 Å². The van der Waals surface area contributed by atoms with Gasteiger partial charge in [0.25, 0.3) is 0 Å². The minimum atomic E-state index is -0.372. The average Bonchev–Trinajstić information content (AvgIpc) is 3.47. The summed E-state index contributed by atoms with van der Waals surface area (Å²) in [6.45, 7) is 1.78. The van der Waals surface area contributed by atoms with Gasteiger partial charge in [0.2, 0.25) is 11.8 Å².